The Balaban J connectivity index is 2.11. The molecule has 2 aromatic carbocycles. The lowest BCUT2D eigenvalue weighted by atomic mass is 9.97. The fourth-order valence-corrected chi connectivity index (χ4v) is 2.14. The van der Waals surface area contributed by atoms with Crippen LogP contribution in [0.15, 0.2) is 54.6 Å². The molecule has 0 heterocycles. The Morgan fingerprint density at radius 3 is 2.26 bits per heavy atom. The van der Waals surface area contributed by atoms with Crippen molar-refractivity contribution in [3.05, 3.63) is 71.5 Å². The van der Waals surface area contributed by atoms with E-state index in [1.54, 1.807) is 13.0 Å². The molecule has 0 fully saturated rings. The second kappa shape index (κ2) is 7.32. The number of hydrogen-bond acceptors (Lipinski definition) is 3. The summed E-state index contributed by atoms with van der Waals surface area (Å²) in [6.07, 6.45) is 0. The third-order valence-corrected chi connectivity index (χ3v) is 3.44. The molecule has 0 spiro atoms. The number of benzene rings is 2. The Kier molecular flexibility index (Phi) is 5.21. The zero-order chi connectivity index (χ0) is 16.8. The largest absolute Gasteiger partial charge is 0.348 e. The van der Waals surface area contributed by atoms with E-state index in [1.807, 2.05) is 30.3 Å². The number of halogens is 1. The summed E-state index contributed by atoms with van der Waals surface area (Å²) in [5.74, 6) is -3.27. The third kappa shape index (κ3) is 4.01. The number of carbonyl (C=O) groups is 2. The predicted molar refractivity (Wildman–Crippen MR) is 82.8 cm³/mol. The van der Waals surface area contributed by atoms with Gasteiger partial charge in [-0.3, -0.25) is 9.59 Å². The first-order valence-electron chi connectivity index (χ1n) is 7.07. The molecule has 0 aliphatic carbocycles. The Labute approximate surface area is 133 Å². The molecule has 0 aliphatic rings. The number of ketones is 1. The fourth-order valence-electron chi connectivity index (χ4n) is 2.14. The average Bonchev–Trinajstić information content (AvgIpc) is 2.56. The van der Waals surface area contributed by atoms with Crippen molar-refractivity contribution in [1.82, 2.24) is 5.32 Å². The van der Waals surface area contributed by atoms with Crippen molar-refractivity contribution in [2.24, 2.45) is 5.92 Å². The van der Waals surface area contributed by atoms with Crippen LogP contribution in [0.1, 0.15) is 28.9 Å². The Hall–Kier alpha value is -3.00. The van der Waals surface area contributed by atoms with Crippen LogP contribution in [0.4, 0.5) is 4.39 Å². The van der Waals surface area contributed by atoms with E-state index in [4.69, 9.17) is 5.26 Å². The molecule has 2 aromatic rings. The van der Waals surface area contributed by atoms with Crippen LogP contribution in [0.3, 0.4) is 0 Å². The second-order valence-corrected chi connectivity index (χ2v) is 5.07. The predicted octanol–water partition coefficient (Wildman–Crippen LogP) is 3.03. The van der Waals surface area contributed by atoms with Crippen LogP contribution >= 0.6 is 0 Å². The number of Topliss-reactive ketones (excluding diaryl/α,β-unsaturated/α-hetero) is 1. The van der Waals surface area contributed by atoms with Gasteiger partial charge in [0.05, 0.1) is 12.1 Å². The van der Waals surface area contributed by atoms with Gasteiger partial charge in [0.15, 0.2) is 11.7 Å². The molecular formula is C18H15FN2O2. The maximum atomic E-state index is 12.9. The molecule has 2 atom stereocenters. The first-order valence-corrected chi connectivity index (χ1v) is 7.07. The molecule has 0 radical (unpaired) electrons. The van der Waals surface area contributed by atoms with E-state index in [0.29, 0.717) is 0 Å². The Morgan fingerprint density at radius 1 is 1.09 bits per heavy atom. The molecular weight excluding hydrogens is 295 g/mol. The van der Waals surface area contributed by atoms with Crippen LogP contribution in [0.2, 0.25) is 0 Å². The van der Waals surface area contributed by atoms with Crippen LogP contribution in [0, 0.1) is 23.1 Å². The van der Waals surface area contributed by atoms with Crippen molar-refractivity contribution in [2.45, 2.75) is 13.0 Å². The summed E-state index contributed by atoms with van der Waals surface area (Å²) in [6, 6.07) is 15.3. The number of nitriles is 1. The van der Waals surface area contributed by atoms with E-state index < -0.39 is 23.4 Å². The number of nitrogens with one attached hydrogen (secondary N) is 1. The molecule has 0 aliphatic heterocycles. The highest BCUT2D eigenvalue weighted by atomic mass is 19.1. The summed E-state index contributed by atoms with van der Waals surface area (Å²) in [5, 5.41) is 11.8. The normalized spacial score (nSPS) is 12.7. The van der Waals surface area contributed by atoms with Gasteiger partial charge in [-0.1, -0.05) is 30.3 Å². The van der Waals surface area contributed by atoms with Gasteiger partial charge in [-0.05, 0) is 36.8 Å². The molecule has 23 heavy (non-hydrogen) atoms. The lowest BCUT2D eigenvalue weighted by Gasteiger charge is -2.16. The van der Waals surface area contributed by atoms with Gasteiger partial charge in [-0.2, -0.15) is 5.26 Å². The Bertz CT molecular complexity index is 736. The summed E-state index contributed by atoms with van der Waals surface area (Å²) in [7, 11) is 0. The number of rotatable bonds is 5. The average molecular weight is 310 g/mol. The van der Waals surface area contributed by atoms with E-state index >= 15 is 0 Å². The van der Waals surface area contributed by atoms with Gasteiger partial charge in [0.25, 0.3) is 0 Å². The van der Waals surface area contributed by atoms with Crippen LogP contribution < -0.4 is 5.32 Å². The quantitative estimate of drug-likeness (QED) is 0.681. The summed E-state index contributed by atoms with van der Waals surface area (Å²) < 4.78 is 12.9. The summed E-state index contributed by atoms with van der Waals surface area (Å²) in [5.41, 5.74) is 0.993. The lowest BCUT2D eigenvalue weighted by molar-refractivity contribution is -0.122. The molecule has 5 heteroatoms. The summed E-state index contributed by atoms with van der Waals surface area (Å²) in [4.78, 5) is 24.5. The van der Waals surface area contributed by atoms with E-state index in [0.717, 1.165) is 17.7 Å². The lowest BCUT2D eigenvalue weighted by Crippen LogP contribution is -2.36. The van der Waals surface area contributed by atoms with Crippen LogP contribution in [0.25, 0.3) is 0 Å². The van der Waals surface area contributed by atoms with Crippen molar-refractivity contribution in [1.29, 1.82) is 5.26 Å². The highest BCUT2D eigenvalue weighted by Gasteiger charge is 2.28. The SMILES string of the molecule is C[C@H](NC(=O)[C@@H](C#N)C(=O)c1ccc(F)cc1)c1ccccc1. The minimum Gasteiger partial charge on any atom is -0.348 e. The summed E-state index contributed by atoms with van der Waals surface area (Å²) in [6.45, 7) is 1.77. The molecule has 0 saturated carbocycles. The smallest absolute Gasteiger partial charge is 0.245 e. The fraction of sp³-hybridized carbons (Fsp3) is 0.167. The molecule has 116 valence electrons. The van der Waals surface area contributed by atoms with Gasteiger partial charge in [-0.25, -0.2) is 4.39 Å². The van der Waals surface area contributed by atoms with E-state index in [1.165, 1.54) is 12.1 Å². The minimum absolute atomic E-state index is 0.125. The van der Waals surface area contributed by atoms with Gasteiger partial charge in [0.2, 0.25) is 5.91 Å². The first kappa shape index (κ1) is 16.4. The maximum Gasteiger partial charge on any atom is 0.245 e. The van der Waals surface area contributed by atoms with E-state index in [2.05, 4.69) is 5.32 Å². The molecule has 1 amide bonds. The van der Waals surface area contributed by atoms with Gasteiger partial charge in [0, 0.05) is 5.56 Å². The number of amides is 1. The van der Waals surface area contributed by atoms with Crippen molar-refractivity contribution in [3.63, 3.8) is 0 Å². The molecule has 2 rings (SSSR count). The number of hydrogen-bond donors (Lipinski definition) is 1. The van der Waals surface area contributed by atoms with Crippen LogP contribution in [0.5, 0.6) is 0 Å². The molecule has 0 aromatic heterocycles. The minimum atomic E-state index is -1.47. The van der Waals surface area contributed by atoms with Crippen LogP contribution in [-0.4, -0.2) is 11.7 Å². The first-order chi connectivity index (χ1) is 11.0. The molecule has 1 N–H and O–H groups in total. The third-order valence-electron chi connectivity index (χ3n) is 3.44. The topological polar surface area (TPSA) is 70.0 Å². The van der Waals surface area contributed by atoms with Gasteiger partial charge >= 0.3 is 0 Å². The van der Waals surface area contributed by atoms with Crippen molar-refractivity contribution in [2.75, 3.05) is 0 Å². The molecule has 4 nitrogen and oxygen atoms in total. The Morgan fingerprint density at radius 2 is 1.70 bits per heavy atom. The number of carbonyl (C=O) groups excluding carboxylic acids is 2. The standard InChI is InChI=1S/C18H15FN2O2/c1-12(13-5-3-2-4-6-13)21-18(23)16(11-20)17(22)14-7-9-15(19)10-8-14/h2-10,12,16H,1H3,(H,21,23)/t12-,16-/m0/s1. The van der Waals surface area contributed by atoms with Crippen molar-refractivity contribution in [3.8, 4) is 6.07 Å². The van der Waals surface area contributed by atoms with E-state index in [-0.39, 0.29) is 11.6 Å². The van der Waals surface area contributed by atoms with Gasteiger partial charge in [-0.15, -0.1) is 0 Å². The highest BCUT2D eigenvalue weighted by molar-refractivity contribution is 6.12. The second-order valence-electron chi connectivity index (χ2n) is 5.07. The monoisotopic (exact) mass is 310 g/mol. The van der Waals surface area contributed by atoms with E-state index in [9.17, 15) is 14.0 Å². The number of nitrogens with zero attached hydrogens (tertiary/aromatic N) is 1. The molecule has 0 saturated heterocycles. The molecule has 0 unspecified atom stereocenters. The zero-order valence-electron chi connectivity index (χ0n) is 12.5. The van der Waals surface area contributed by atoms with Gasteiger partial charge < -0.3 is 5.32 Å². The zero-order valence-corrected chi connectivity index (χ0v) is 12.5. The van der Waals surface area contributed by atoms with Gasteiger partial charge in [0.1, 0.15) is 5.82 Å². The summed E-state index contributed by atoms with van der Waals surface area (Å²) >= 11 is 0. The van der Waals surface area contributed by atoms with Crippen molar-refractivity contribution >= 4 is 11.7 Å². The van der Waals surface area contributed by atoms with Crippen molar-refractivity contribution < 1.29 is 14.0 Å². The van der Waals surface area contributed by atoms with Crippen LogP contribution in [-0.2, 0) is 4.79 Å². The maximum absolute atomic E-state index is 12.9. The molecule has 0 bridgehead atoms. The highest BCUT2D eigenvalue weighted by Crippen LogP contribution is 2.14.